The van der Waals surface area contributed by atoms with E-state index < -0.39 is 11.6 Å². The van der Waals surface area contributed by atoms with Crippen LogP contribution in [0.3, 0.4) is 0 Å². The largest absolute Gasteiger partial charge is 0.497 e. The summed E-state index contributed by atoms with van der Waals surface area (Å²) in [6, 6.07) is 16.1. The summed E-state index contributed by atoms with van der Waals surface area (Å²) in [5.41, 5.74) is 0.395. The quantitative estimate of drug-likeness (QED) is 0.690. The zero-order valence-corrected chi connectivity index (χ0v) is 15.5. The molecule has 7 heteroatoms. The summed E-state index contributed by atoms with van der Waals surface area (Å²) in [5.74, 6) is 1.19. The third-order valence-corrected chi connectivity index (χ3v) is 4.85. The van der Waals surface area contributed by atoms with Gasteiger partial charge in [0.05, 0.1) is 13.3 Å². The zero-order chi connectivity index (χ0) is 19.7. The van der Waals surface area contributed by atoms with E-state index in [0.29, 0.717) is 23.0 Å². The third kappa shape index (κ3) is 3.00. The van der Waals surface area contributed by atoms with Crippen molar-refractivity contribution in [2.45, 2.75) is 19.0 Å². The highest BCUT2D eigenvalue weighted by Crippen LogP contribution is 2.31. The predicted molar refractivity (Wildman–Crippen MR) is 101 cm³/mol. The van der Waals surface area contributed by atoms with Crippen LogP contribution in [0.25, 0.3) is 11.3 Å². The molecule has 0 unspecified atom stereocenters. The van der Waals surface area contributed by atoms with Crippen molar-refractivity contribution in [2.24, 2.45) is 0 Å². The van der Waals surface area contributed by atoms with E-state index >= 15 is 0 Å². The van der Waals surface area contributed by atoms with Crippen molar-refractivity contribution in [3.05, 3.63) is 72.2 Å². The minimum Gasteiger partial charge on any atom is -0.497 e. The van der Waals surface area contributed by atoms with Gasteiger partial charge in [0.2, 0.25) is 5.89 Å². The average Bonchev–Trinajstić information content (AvgIpc) is 3.28. The van der Waals surface area contributed by atoms with Crippen LogP contribution < -0.4 is 10.1 Å². The number of carbonyl (C=O) groups excluding carboxylic acids is 2. The highest BCUT2D eigenvalue weighted by molar-refractivity contribution is 6.07. The van der Waals surface area contributed by atoms with Crippen LogP contribution in [0.4, 0.5) is 4.79 Å². The van der Waals surface area contributed by atoms with Gasteiger partial charge in [0.1, 0.15) is 17.8 Å². The van der Waals surface area contributed by atoms with Crippen LogP contribution in [0.2, 0.25) is 0 Å². The Balaban J connectivity index is 1.55. The lowest BCUT2D eigenvalue weighted by Gasteiger charge is -2.22. The van der Waals surface area contributed by atoms with Gasteiger partial charge in [0.15, 0.2) is 5.76 Å². The maximum atomic E-state index is 13.0. The van der Waals surface area contributed by atoms with Crippen LogP contribution in [0.5, 0.6) is 5.75 Å². The van der Waals surface area contributed by atoms with E-state index in [2.05, 4.69) is 10.3 Å². The molecule has 1 atom stereocenters. The van der Waals surface area contributed by atoms with Crippen LogP contribution in [0.15, 0.2) is 65.2 Å². The Morgan fingerprint density at radius 1 is 1.11 bits per heavy atom. The molecule has 3 aromatic rings. The molecule has 1 aliphatic heterocycles. The Kier molecular flexibility index (Phi) is 4.35. The summed E-state index contributed by atoms with van der Waals surface area (Å²) in [4.78, 5) is 30.8. The molecule has 3 amide bonds. The highest BCUT2D eigenvalue weighted by Gasteiger charge is 2.49. The van der Waals surface area contributed by atoms with Crippen molar-refractivity contribution in [1.29, 1.82) is 0 Å². The molecular weight excluding hydrogens is 358 g/mol. The molecule has 1 fully saturated rings. The molecule has 1 aromatic heterocycles. The van der Waals surface area contributed by atoms with E-state index in [-0.39, 0.29) is 12.5 Å². The minimum atomic E-state index is -1.15. The van der Waals surface area contributed by atoms with Gasteiger partial charge in [-0.1, -0.05) is 42.5 Å². The molecule has 1 saturated heterocycles. The Bertz CT molecular complexity index is 1010. The Morgan fingerprint density at radius 2 is 1.82 bits per heavy atom. The number of benzene rings is 2. The topological polar surface area (TPSA) is 84.7 Å². The second-order valence-corrected chi connectivity index (χ2v) is 6.66. The van der Waals surface area contributed by atoms with Gasteiger partial charge < -0.3 is 14.5 Å². The molecule has 0 bridgehead atoms. The van der Waals surface area contributed by atoms with Crippen LogP contribution >= 0.6 is 0 Å². The smallest absolute Gasteiger partial charge is 0.325 e. The fraction of sp³-hybridized carbons (Fsp3) is 0.190. The molecule has 1 N–H and O–H groups in total. The van der Waals surface area contributed by atoms with E-state index in [0.717, 1.165) is 10.5 Å². The minimum absolute atomic E-state index is 0.0384. The molecule has 142 valence electrons. The first-order valence-corrected chi connectivity index (χ1v) is 8.80. The zero-order valence-electron chi connectivity index (χ0n) is 15.5. The fourth-order valence-electron chi connectivity index (χ4n) is 3.22. The number of imide groups is 1. The second kappa shape index (κ2) is 6.84. The maximum Gasteiger partial charge on any atom is 0.325 e. The summed E-state index contributed by atoms with van der Waals surface area (Å²) < 4.78 is 10.9. The van der Waals surface area contributed by atoms with E-state index in [1.165, 1.54) is 0 Å². The van der Waals surface area contributed by atoms with Crippen molar-refractivity contribution >= 4 is 11.9 Å². The Labute approximate surface area is 161 Å². The van der Waals surface area contributed by atoms with E-state index in [9.17, 15) is 9.59 Å². The first kappa shape index (κ1) is 17.8. The van der Waals surface area contributed by atoms with Crippen molar-refractivity contribution in [3.63, 3.8) is 0 Å². The van der Waals surface area contributed by atoms with Crippen molar-refractivity contribution < 1.29 is 18.7 Å². The first-order chi connectivity index (χ1) is 13.5. The lowest BCUT2D eigenvalue weighted by Crippen LogP contribution is -2.40. The maximum absolute atomic E-state index is 13.0. The Hall–Kier alpha value is -3.61. The molecule has 28 heavy (non-hydrogen) atoms. The van der Waals surface area contributed by atoms with Gasteiger partial charge in [0.25, 0.3) is 5.91 Å². The molecule has 0 radical (unpaired) electrons. The van der Waals surface area contributed by atoms with E-state index in [1.54, 1.807) is 44.5 Å². The number of urea groups is 1. The van der Waals surface area contributed by atoms with Crippen molar-refractivity contribution in [3.8, 4) is 17.1 Å². The lowest BCUT2D eigenvalue weighted by molar-refractivity contribution is -0.131. The van der Waals surface area contributed by atoms with E-state index in [4.69, 9.17) is 9.15 Å². The third-order valence-electron chi connectivity index (χ3n) is 4.85. The summed E-state index contributed by atoms with van der Waals surface area (Å²) in [7, 11) is 1.57. The van der Waals surface area contributed by atoms with Crippen LogP contribution in [0, 0.1) is 0 Å². The fourth-order valence-corrected chi connectivity index (χ4v) is 3.22. The number of hydrogen-bond acceptors (Lipinski definition) is 5. The summed E-state index contributed by atoms with van der Waals surface area (Å²) >= 11 is 0. The number of methoxy groups -OCH3 is 1. The number of nitrogens with one attached hydrogen (secondary N) is 1. The van der Waals surface area contributed by atoms with Gasteiger partial charge in [-0.3, -0.25) is 9.69 Å². The van der Waals surface area contributed by atoms with Gasteiger partial charge in [-0.25, -0.2) is 9.78 Å². The van der Waals surface area contributed by atoms with Crippen molar-refractivity contribution in [1.82, 2.24) is 15.2 Å². The summed E-state index contributed by atoms with van der Waals surface area (Å²) in [6.45, 7) is 1.64. The standard InChI is InChI=1S/C21H19N3O4/c1-21(15-8-10-16(27-2)11-9-15)19(25)24(20(26)23-21)13-18-22-12-17(28-18)14-6-4-3-5-7-14/h3-12H,13H2,1-2H3,(H,23,26)/t21-/m1/s1. The molecular formula is C21H19N3O4. The van der Waals surface area contributed by atoms with Gasteiger partial charge in [-0.15, -0.1) is 0 Å². The summed E-state index contributed by atoms with van der Waals surface area (Å²) in [6.07, 6.45) is 1.59. The molecule has 2 aromatic carbocycles. The second-order valence-electron chi connectivity index (χ2n) is 6.66. The number of nitrogens with zero attached hydrogens (tertiary/aromatic N) is 2. The molecule has 7 nitrogen and oxygen atoms in total. The molecule has 2 heterocycles. The van der Waals surface area contributed by atoms with Gasteiger partial charge in [0, 0.05) is 5.56 Å². The monoisotopic (exact) mass is 377 g/mol. The van der Waals surface area contributed by atoms with Crippen LogP contribution in [-0.4, -0.2) is 28.9 Å². The summed E-state index contributed by atoms with van der Waals surface area (Å²) in [5, 5.41) is 2.77. The average molecular weight is 377 g/mol. The number of hydrogen-bond donors (Lipinski definition) is 1. The molecule has 0 aliphatic carbocycles. The molecule has 0 spiro atoms. The first-order valence-electron chi connectivity index (χ1n) is 8.80. The number of oxazole rings is 1. The predicted octanol–water partition coefficient (Wildman–Crippen LogP) is 3.32. The number of carbonyl (C=O) groups is 2. The van der Waals surface area contributed by atoms with Crippen LogP contribution in [-0.2, 0) is 16.9 Å². The Morgan fingerprint density at radius 3 is 2.50 bits per heavy atom. The number of aromatic nitrogens is 1. The van der Waals surface area contributed by atoms with Gasteiger partial charge in [-0.05, 0) is 24.6 Å². The van der Waals surface area contributed by atoms with Gasteiger partial charge >= 0.3 is 6.03 Å². The number of ether oxygens (including phenoxy) is 1. The molecule has 4 rings (SSSR count). The SMILES string of the molecule is COc1ccc([C@@]2(C)NC(=O)N(Cc3ncc(-c4ccccc4)o3)C2=O)cc1. The number of rotatable bonds is 5. The highest BCUT2D eigenvalue weighted by atomic mass is 16.5. The molecule has 0 saturated carbocycles. The number of amides is 3. The van der Waals surface area contributed by atoms with E-state index in [1.807, 2.05) is 30.3 Å². The lowest BCUT2D eigenvalue weighted by atomic mass is 9.92. The normalized spacial score (nSPS) is 19.0. The van der Waals surface area contributed by atoms with Crippen molar-refractivity contribution in [2.75, 3.05) is 7.11 Å². The molecule has 1 aliphatic rings. The van der Waals surface area contributed by atoms with Gasteiger partial charge in [-0.2, -0.15) is 0 Å². The van der Waals surface area contributed by atoms with Crippen LogP contribution in [0.1, 0.15) is 18.4 Å².